The molecule has 5 aromatic rings. The summed E-state index contributed by atoms with van der Waals surface area (Å²) in [5, 5.41) is 5.80. The highest BCUT2D eigenvalue weighted by molar-refractivity contribution is 6.00. The van der Waals surface area contributed by atoms with E-state index in [1.165, 1.54) is 0 Å². The number of aromatic nitrogens is 3. The summed E-state index contributed by atoms with van der Waals surface area (Å²) in [7, 11) is 0. The summed E-state index contributed by atoms with van der Waals surface area (Å²) in [6, 6.07) is 26.0. The van der Waals surface area contributed by atoms with E-state index in [1.807, 2.05) is 74.5 Å². The molecular formula is C29H25N5O2. The van der Waals surface area contributed by atoms with Crippen molar-refractivity contribution in [3.05, 3.63) is 124 Å². The van der Waals surface area contributed by atoms with Crippen molar-refractivity contribution in [2.75, 3.05) is 10.6 Å². The first-order valence-corrected chi connectivity index (χ1v) is 11.6. The van der Waals surface area contributed by atoms with Crippen LogP contribution in [0.25, 0.3) is 16.9 Å². The van der Waals surface area contributed by atoms with Crippen molar-refractivity contribution in [3.63, 3.8) is 0 Å². The summed E-state index contributed by atoms with van der Waals surface area (Å²) >= 11 is 0. The third-order valence-corrected chi connectivity index (χ3v) is 5.98. The van der Waals surface area contributed by atoms with E-state index in [9.17, 15) is 9.59 Å². The quantitative estimate of drug-likeness (QED) is 0.345. The lowest BCUT2D eigenvalue weighted by Gasteiger charge is -2.14. The average Bonchev–Trinajstić information content (AvgIpc) is 2.88. The Bertz CT molecular complexity index is 1610. The van der Waals surface area contributed by atoms with Crippen LogP contribution < -0.4 is 16.2 Å². The first kappa shape index (κ1) is 23.0. The van der Waals surface area contributed by atoms with Crippen LogP contribution in [-0.4, -0.2) is 20.6 Å². The molecule has 2 N–H and O–H groups in total. The third kappa shape index (κ3) is 4.72. The lowest BCUT2D eigenvalue weighted by atomic mass is 10.1. The van der Waals surface area contributed by atoms with E-state index in [1.54, 1.807) is 35.0 Å². The largest absolute Gasteiger partial charge is 0.323 e. The van der Waals surface area contributed by atoms with Crippen molar-refractivity contribution in [2.45, 2.75) is 20.3 Å². The van der Waals surface area contributed by atoms with Crippen LogP contribution in [0.3, 0.4) is 0 Å². The van der Waals surface area contributed by atoms with Gasteiger partial charge in [0.25, 0.3) is 5.56 Å². The molecule has 0 aliphatic rings. The summed E-state index contributed by atoms with van der Waals surface area (Å²) < 4.78 is 1.55. The molecule has 178 valence electrons. The second-order valence-electron chi connectivity index (χ2n) is 8.60. The van der Waals surface area contributed by atoms with Gasteiger partial charge >= 0.3 is 6.03 Å². The molecule has 0 fully saturated rings. The number of para-hydroxylation sites is 1. The minimum absolute atomic E-state index is 0.248. The average molecular weight is 476 g/mol. The molecule has 0 bridgehead atoms. The zero-order chi connectivity index (χ0) is 25.1. The van der Waals surface area contributed by atoms with Gasteiger partial charge in [-0.3, -0.25) is 9.36 Å². The SMILES string of the molecule is Cc1cccc(C)c1NC(=O)Nc1cccc(-n2c(=O)c(Cc3ccccc3)nc3cccnc32)c1. The number of fused-ring (bicyclic) bond motifs is 1. The molecule has 36 heavy (non-hydrogen) atoms. The number of carbonyl (C=O) groups excluding carboxylic acids is 1. The Morgan fingerprint density at radius 1 is 0.861 bits per heavy atom. The van der Waals surface area contributed by atoms with Gasteiger partial charge in [-0.1, -0.05) is 54.6 Å². The highest BCUT2D eigenvalue weighted by Crippen LogP contribution is 2.21. The van der Waals surface area contributed by atoms with Crippen LogP contribution in [0.5, 0.6) is 0 Å². The molecule has 0 radical (unpaired) electrons. The van der Waals surface area contributed by atoms with Crippen LogP contribution in [0, 0.1) is 13.8 Å². The maximum absolute atomic E-state index is 13.6. The Labute approximate surface area is 208 Å². The molecule has 0 spiro atoms. The number of benzene rings is 3. The standard InChI is InChI=1S/C29H25N5O2/c1-19-9-6-10-20(2)26(19)33-29(36)31-22-13-7-14-23(18-22)34-27-24(15-8-16-30-27)32-25(28(34)35)17-21-11-4-3-5-12-21/h3-16,18H,17H2,1-2H3,(H2,31,33,36). The fourth-order valence-corrected chi connectivity index (χ4v) is 4.22. The minimum Gasteiger partial charge on any atom is -0.308 e. The molecule has 2 aromatic heterocycles. The Kier molecular flexibility index (Phi) is 6.28. The molecule has 2 amide bonds. The van der Waals surface area contributed by atoms with Crippen LogP contribution in [-0.2, 0) is 6.42 Å². The number of rotatable bonds is 5. The molecule has 0 saturated heterocycles. The van der Waals surface area contributed by atoms with E-state index in [0.29, 0.717) is 34.7 Å². The number of carbonyl (C=O) groups is 1. The van der Waals surface area contributed by atoms with E-state index in [2.05, 4.69) is 20.6 Å². The maximum Gasteiger partial charge on any atom is 0.323 e. The number of pyridine rings is 1. The van der Waals surface area contributed by atoms with Gasteiger partial charge in [0.15, 0.2) is 5.65 Å². The van der Waals surface area contributed by atoms with Crippen molar-refractivity contribution in [1.82, 2.24) is 14.5 Å². The van der Waals surface area contributed by atoms with E-state index in [0.717, 1.165) is 22.4 Å². The van der Waals surface area contributed by atoms with Crippen molar-refractivity contribution >= 4 is 28.6 Å². The fraction of sp³-hybridized carbons (Fsp3) is 0.103. The predicted molar refractivity (Wildman–Crippen MR) is 143 cm³/mol. The van der Waals surface area contributed by atoms with Crippen molar-refractivity contribution in [2.24, 2.45) is 0 Å². The molecule has 0 unspecified atom stereocenters. The summed E-state index contributed by atoms with van der Waals surface area (Å²) in [5.74, 6) is 0. The van der Waals surface area contributed by atoms with E-state index in [-0.39, 0.29) is 11.6 Å². The molecule has 7 nitrogen and oxygen atoms in total. The van der Waals surface area contributed by atoms with Gasteiger partial charge in [0.2, 0.25) is 0 Å². The molecule has 0 saturated carbocycles. The molecule has 0 aliphatic heterocycles. The molecule has 3 aromatic carbocycles. The predicted octanol–water partition coefficient (Wildman–Crippen LogP) is 5.63. The van der Waals surface area contributed by atoms with Gasteiger partial charge in [-0.25, -0.2) is 14.8 Å². The van der Waals surface area contributed by atoms with Crippen LogP contribution in [0.2, 0.25) is 0 Å². The number of nitrogens with one attached hydrogen (secondary N) is 2. The zero-order valence-electron chi connectivity index (χ0n) is 20.0. The Morgan fingerprint density at radius 2 is 1.61 bits per heavy atom. The minimum atomic E-state index is -0.362. The lowest BCUT2D eigenvalue weighted by molar-refractivity contribution is 0.262. The normalized spacial score (nSPS) is 10.8. The third-order valence-electron chi connectivity index (χ3n) is 5.98. The van der Waals surface area contributed by atoms with Crippen LogP contribution in [0.15, 0.2) is 95.9 Å². The van der Waals surface area contributed by atoms with E-state index in [4.69, 9.17) is 0 Å². The topological polar surface area (TPSA) is 88.9 Å². The molecule has 0 aliphatic carbocycles. The Balaban J connectivity index is 1.51. The van der Waals surface area contributed by atoms with Gasteiger partial charge in [0.05, 0.1) is 5.69 Å². The number of hydrogen-bond acceptors (Lipinski definition) is 4. The second-order valence-corrected chi connectivity index (χ2v) is 8.60. The second kappa shape index (κ2) is 9.84. The highest BCUT2D eigenvalue weighted by Gasteiger charge is 2.15. The van der Waals surface area contributed by atoms with E-state index >= 15 is 0 Å². The van der Waals surface area contributed by atoms with Gasteiger partial charge in [-0.2, -0.15) is 0 Å². The number of hydrogen-bond donors (Lipinski definition) is 2. The number of aryl methyl sites for hydroxylation is 2. The maximum atomic E-state index is 13.6. The number of nitrogens with zero attached hydrogens (tertiary/aromatic N) is 3. The van der Waals surface area contributed by atoms with Crippen LogP contribution in [0.1, 0.15) is 22.4 Å². The Hall–Kier alpha value is -4.78. The van der Waals surface area contributed by atoms with Gasteiger partial charge in [-0.05, 0) is 60.9 Å². The summed E-state index contributed by atoms with van der Waals surface area (Å²) in [6.07, 6.45) is 2.04. The van der Waals surface area contributed by atoms with Crippen LogP contribution in [0.4, 0.5) is 16.2 Å². The first-order valence-electron chi connectivity index (χ1n) is 11.6. The fourth-order valence-electron chi connectivity index (χ4n) is 4.22. The zero-order valence-corrected chi connectivity index (χ0v) is 20.0. The molecule has 0 atom stereocenters. The van der Waals surface area contributed by atoms with Gasteiger partial charge < -0.3 is 10.6 Å². The number of anilines is 2. The molecule has 5 rings (SSSR count). The van der Waals surface area contributed by atoms with Gasteiger partial charge in [0, 0.05) is 24.0 Å². The molecule has 7 heteroatoms. The lowest BCUT2D eigenvalue weighted by Crippen LogP contribution is -2.26. The van der Waals surface area contributed by atoms with E-state index < -0.39 is 0 Å². The smallest absolute Gasteiger partial charge is 0.308 e. The van der Waals surface area contributed by atoms with Crippen LogP contribution >= 0.6 is 0 Å². The summed E-state index contributed by atoms with van der Waals surface area (Å²) in [5.41, 5.74) is 6.11. The summed E-state index contributed by atoms with van der Waals surface area (Å²) in [4.78, 5) is 35.4. The van der Waals surface area contributed by atoms with Gasteiger partial charge in [-0.15, -0.1) is 0 Å². The Morgan fingerprint density at radius 3 is 2.39 bits per heavy atom. The van der Waals surface area contributed by atoms with Crippen molar-refractivity contribution < 1.29 is 4.79 Å². The molecule has 2 heterocycles. The number of amides is 2. The van der Waals surface area contributed by atoms with Gasteiger partial charge in [0.1, 0.15) is 11.2 Å². The van der Waals surface area contributed by atoms with Crippen molar-refractivity contribution in [1.29, 1.82) is 0 Å². The number of urea groups is 1. The molecular weight excluding hydrogens is 450 g/mol. The summed E-state index contributed by atoms with van der Waals surface area (Å²) in [6.45, 7) is 3.90. The van der Waals surface area contributed by atoms with Crippen molar-refractivity contribution in [3.8, 4) is 5.69 Å². The first-order chi connectivity index (χ1) is 17.5. The monoisotopic (exact) mass is 475 g/mol. The highest BCUT2D eigenvalue weighted by atomic mass is 16.2.